The van der Waals surface area contributed by atoms with Crippen molar-refractivity contribution in [3.8, 4) is 0 Å². The second-order valence-corrected chi connectivity index (χ2v) is 4.72. The molecule has 1 saturated heterocycles. The van der Waals surface area contributed by atoms with Crippen LogP contribution < -0.4 is 10.6 Å². The number of carboxylic acid groups (broad SMARTS) is 1. The third-order valence-electron chi connectivity index (χ3n) is 3.24. The van der Waals surface area contributed by atoms with E-state index in [1.165, 1.54) is 11.1 Å². The van der Waals surface area contributed by atoms with Crippen molar-refractivity contribution in [2.45, 2.75) is 19.4 Å². The Labute approximate surface area is 121 Å². The molecule has 1 fully saturated rings. The SMILES string of the molecule is Cc1ccncc1NC(=O)N1CCNC(=O)C1CC(=O)O. The van der Waals surface area contributed by atoms with E-state index in [2.05, 4.69) is 15.6 Å². The first-order valence-electron chi connectivity index (χ1n) is 6.47. The Bertz CT molecular complexity index is 575. The van der Waals surface area contributed by atoms with Gasteiger partial charge in [0.15, 0.2) is 0 Å². The van der Waals surface area contributed by atoms with Crippen molar-refractivity contribution in [2.75, 3.05) is 18.4 Å². The first-order chi connectivity index (χ1) is 9.99. The minimum Gasteiger partial charge on any atom is -0.481 e. The number of aromatic nitrogens is 1. The Morgan fingerprint density at radius 3 is 3.00 bits per heavy atom. The normalized spacial score (nSPS) is 18.0. The van der Waals surface area contributed by atoms with Crippen molar-refractivity contribution < 1.29 is 19.5 Å². The van der Waals surface area contributed by atoms with Crippen LogP contribution in [0.1, 0.15) is 12.0 Å². The lowest BCUT2D eigenvalue weighted by molar-refractivity contribution is -0.142. The summed E-state index contributed by atoms with van der Waals surface area (Å²) in [4.78, 5) is 40.0. The van der Waals surface area contributed by atoms with Crippen LogP contribution in [0.15, 0.2) is 18.5 Å². The van der Waals surface area contributed by atoms with Gasteiger partial charge in [-0.15, -0.1) is 0 Å². The van der Waals surface area contributed by atoms with Gasteiger partial charge in [0.25, 0.3) is 0 Å². The van der Waals surface area contributed by atoms with Crippen LogP contribution in [0.5, 0.6) is 0 Å². The minimum atomic E-state index is -1.13. The number of carboxylic acids is 1. The van der Waals surface area contributed by atoms with Crippen LogP contribution in [-0.2, 0) is 9.59 Å². The van der Waals surface area contributed by atoms with Crippen LogP contribution in [0.4, 0.5) is 10.5 Å². The Morgan fingerprint density at radius 1 is 1.57 bits per heavy atom. The quantitative estimate of drug-likeness (QED) is 0.736. The second-order valence-electron chi connectivity index (χ2n) is 4.72. The molecule has 0 saturated carbocycles. The Kier molecular flexibility index (Phi) is 4.36. The molecule has 8 nitrogen and oxygen atoms in total. The van der Waals surface area contributed by atoms with Crippen LogP contribution >= 0.6 is 0 Å². The van der Waals surface area contributed by atoms with Gasteiger partial charge in [-0.2, -0.15) is 0 Å². The van der Waals surface area contributed by atoms with Gasteiger partial charge in [0.2, 0.25) is 5.91 Å². The van der Waals surface area contributed by atoms with E-state index in [0.717, 1.165) is 5.56 Å². The summed E-state index contributed by atoms with van der Waals surface area (Å²) < 4.78 is 0. The highest BCUT2D eigenvalue weighted by molar-refractivity contribution is 5.96. The lowest BCUT2D eigenvalue weighted by atomic mass is 10.1. The molecule has 3 amide bonds. The van der Waals surface area contributed by atoms with Crippen LogP contribution in [0.25, 0.3) is 0 Å². The van der Waals surface area contributed by atoms with Crippen molar-refractivity contribution in [2.24, 2.45) is 0 Å². The highest BCUT2D eigenvalue weighted by Gasteiger charge is 2.34. The number of anilines is 1. The molecular formula is C13H16N4O4. The summed E-state index contributed by atoms with van der Waals surface area (Å²) in [6.45, 7) is 2.37. The smallest absolute Gasteiger partial charge is 0.322 e. The summed E-state index contributed by atoms with van der Waals surface area (Å²) in [7, 11) is 0. The van der Waals surface area contributed by atoms with Gasteiger partial charge in [-0.25, -0.2) is 4.79 Å². The number of pyridine rings is 1. The highest BCUT2D eigenvalue weighted by atomic mass is 16.4. The van der Waals surface area contributed by atoms with E-state index in [9.17, 15) is 14.4 Å². The van der Waals surface area contributed by atoms with Gasteiger partial charge < -0.3 is 20.6 Å². The molecule has 1 aliphatic rings. The molecule has 8 heteroatoms. The average molecular weight is 292 g/mol. The number of amides is 3. The van der Waals surface area contributed by atoms with E-state index in [-0.39, 0.29) is 6.54 Å². The molecule has 112 valence electrons. The van der Waals surface area contributed by atoms with E-state index in [1.807, 2.05) is 6.92 Å². The largest absolute Gasteiger partial charge is 0.481 e. The molecule has 1 aromatic rings. The molecular weight excluding hydrogens is 276 g/mol. The van der Waals surface area contributed by atoms with Gasteiger partial charge in [-0.05, 0) is 18.6 Å². The van der Waals surface area contributed by atoms with Crippen LogP contribution in [0.2, 0.25) is 0 Å². The minimum absolute atomic E-state index is 0.259. The fourth-order valence-corrected chi connectivity index (χ4v) is 2.11. The molecule has 2 rings (SSSR count). The van der Waals surface area contributed by atoms with Crippen molar-refractivity contribution >= 4 is 23.6 Å². The molecule has 3 N–H and O–H groups in total. The van der Waals surface area contributed by atoms with E-state index in [1.54, 1.807) is 12.3 Å². The molecule has 0 aromatic carbocycles. The third kappa shape index (κ3) is 3.47. The second kappa shape index (κ2) is 6.21. The fourth-order valence-electron chi connectivity index (χ4n) is 2.11. The average Bonchev–Trinajstić information content (AvgIpc) is 2.43. The maximum absolute atomic E-state index is 12.3. The number of urea groups is 1. The number of aliphatic carboxylic acids is 1. The van der Waals surface area contributed by atoms with Crippen molar-refractivity contribution in [3.63, 3.8) is 0 Å². The van der Waals surface area contributed by atoms with E-state index in [0.29, 0.717) is 12.2 Å². The van der Waals surface area contributed by atoms with Gasteiger partial charge in [-0.1, -0.05) is 0 Å². The Morgan fingerprint density at radius 2 is 2.33 bits per heavy atom. The van der Waals surface area contributed by atoms with Gasteiger partial charge in [0.05, 0.1) is 18.3 Å². The summed E-state index contributed by atoms with van der Waals surface area (Å²) in [5, 5.41) is 14.1. The predicted octanol–water partition coefficient (Wildman–Crippen LogP) is 0.197. The first-order valence-corrected chi connectivity index (χ1v) is 6.47. The molecule has 0 aliphatic carbocycles. The monoisotopic (exact) mass is 292 g/mol. The zero-order valence-electron chi connectivity index (χ0n) is 11.5. The van der Waals surface area contributed by atoms with Crippen LogP contribution in [0, 0.1) is 6.92 Å². The zero-order chi connectivity index (χ0) is 15.4. The number of carbonyl (C=O) groups is 3. The molecule has 2 heterocycles. The number of aryl methyl sites for hydroxylation is 1. The fraction of sp³-hybridized carbons (Fsp3) is 0.385. The number of nitrogens with one attached hydrogen (secondary N) is 2. The van der Waals surface area contributed by atoms with E-state index >= 15 is 0 Å². The number of nitrogens with zero attached hydrogens (tertiary/aromatic N) is 2. The summed E-state index contributed by atoms with van der Waals surface area (Å²) in [5.41, 5.74) is 1.36. The van der Waals surface area contributed by atoms with E-state index < -0.39 is 30.4 Å². The van der Waals surface area contributed by atoms with Crippen LogP contribution in [-0.4, -0.2) is 52.0 Å². The Balaban J connectivity index is 2.14. The van der Waals surface area contributed by atoms with E-state index in [4.69, 9.17) is 5.11 Å². The van der Waals surface area contributed by atoms with Gasteiger partial charge in [0.1, 0.15) is 6.04 Å². The van der Waals surface area contributed by atoms with Crippen molar-refractivity contribution in [1.29, 1.82) is 0 Å². The lowest BCUT2D eigenvalue weighted by Crippen LogP contribution is -2.58. The zero-order valence-corrected chi connectivity index (χ0v) is 11.5. The van der Waals surface area contributed by atoms with Gasteiger partial charge in [-0.3, -0.25) is 14.6 Å². The number of carbonyl (C=O) groups excluding carboxylic acids is 2. The topological polar surface area (TPSA) is 112 Å². The summed E-state index contributed by atoms with van der Waals surface area (Å²) in [6, 6.07) is 0.230. The summed E-state index contributed by atoms with van der Waals surface area (Å²) in [6.07, 6.45) is 2.68. The van der Waals surface area contributed by atoms with Crippen molar-refractivity contribution in [1.82, 2.24) is 15.2 Å². The van der Waals surface area contributed by atoms with Crippen LogP contribution in [0.3, 0.4) is 0 Å². The van der Waals surface area contributed by atoms with Gasteiger partial charge >= 0.3 is 12.0 Å². The number of piperazine rings is 1. The molecule has 1 atom stereocenters. The third-order valence-corrected chi connectivity index (χ3v) is 3.24. The summed E-state index contributed by atoms with van der Waals surface area (Å²) >= 11 is 0. The first kappa shape index (κ1) is 14.8. The molecule has 0 radical (unpaired) electrons. The molecule has 0 spiro atoms. The highest BCUT2D eigenvalue weighted by Crippen LogP contribution is 2.15. The number of hydrogen-bond acceptors (Lipinski definition) is 4. The molecule has 1 unspecified atom stereocenters. The molecule has 0 bridgehead atoms. The summed E-state index contributed by atoms with van der Waals surface area (Å²) in [5.74, 6) is -1.59. The number of hydrogen-bond donors (Lipinski definition) is 3. The predicted molar refractivity (Wildman–Crippen MR) is 73.7 cm³/mol. The molecule has 1 aliphatic heterocycles. The lowest BCUT2D eigenvalue weighted by Gasteiger charge is -2.34. The maximum Gasteiger partial charge on any atom is 0.322 e. The maximum atomic E-state index is 12.3. The molecule has 21 heavy (non-hydrogen) atoms. The molecule has 1 aromatic heterocycles. The number of rotatable bonds is 3. The van der Waals surface area contributed by atoms with Crippen molar-refractivity contribution in [3.05, 3.63) is 24.0 Å². The van der Waals surface area contributed by atoms with Gasteiger partial charge in [0, 0.05) is 19.3 Å². The standard InChI is InChI=1S/C13H16N4O4/c1-8-2-3-14-7-9(8)16-13(21)17-5-4-15-12(20)10(17)6-11(18)19/h2-3,7,10H,4-6H2,1H3,(H,15,20)(H,16,21)(H,18,19). The Hall–Kier alpha value is -2.64.